The number of nitrogens with one attached hydrogen (secondary N) is 1. The van der Waals surface area contributed by atoms with Gasteiger partial charge in [-0.05, 0) is 30.8 Å². The molecule has 2 nitrogen and oxygen atoms in total. The Labute approximate surface area is 133 Å². The molecule has 20 heavy (non-hydrogen) atoms. The monoisotopic (exact) mass is 329 g/mol. The third-order valence-electron chi connectivity index (χ3n) is 2.75. The van der Waals surface area contributed by atoms with E-state index < -0.39 is 0 Å². The second kappa shape index (κ2) is 7.19. The SMILES string of the molecule is CCNCc1c(Cl)cccc1Oc1ccc(Cl)c(Cl)c1. The number of rotatable bonds is 5. The molecule has 0 saturated carbocycles. The van der Waals surface area contributed by atoms with E-state index in [1.807, 2.05) is 25.1 Å². The van der Waals surface area contributed by atoms with Crippen LogP contribution in [0.25, 0.3) is 0 Å². The van der Waals surface area contributed by atoms with E-state index in [4.69, 9.17) is 39.5 Å². The van der Waals surface area contributed by atoms with Crippen LogP contribution in [0.1, 0.15) is 12.5 Å². The van der Waals surface area contributed by atoms with Crippen LogP contribution in [0.4, 0.5) is 0 Å². The summed E-state index contributed by atoms with van der Waals surface area (Å²) in [4.78, 5) is 0. The van der Waals surface area contributed by atoms with Gasteiger partial charge in [-0.15, -0.1) is 0 Å². The van der Waals surface area contributed by atoms with Gasteiger partial charge in [0.2, 0.25) is 0 Å². The molecule has 2 rings (SSSR count). The first-order valence-electron chi connectivity index (χ1n) is 6.23. The van der Waals surface area contributed by atoms with Gasteiger partial charge in [0, 0.05) is 23.2 Å². The van der Waals surface area contributed by atoms with Crippen LogP contribution >= 0.6 is 34.8 Å². The van der Waals surface area contributed by atoms with Crippen molar-refractivity contribution in [1.29, 1.82) is 0 Å². The van der Waals surface area contributed by atoms with Crippen LogP contribution in [0.3, 0.4) is 0 Å². The first kappa shape index (κ1) is 15.5. The van der Waals surface area contributed by atoms with Crippen LogP contribution in [-0.2, 0) is 6.54 Å². The van der Waals surface area contributed by atoms with Crippen molar-refractivity contribution in [2.24, 2.45) is 0 Å². The number of hydrogen-bond acceptors (Lipinski definition) is 2. The summed E-state index contributed by atoms with van der Waals surface area (Å²) in [5.74, 6) is 1.33. The maximum Gasteiger partial charge on any atom is 0.133 e. The van der Waals surface area contributed by atoms with E-state index in [-0.39, 0.29) is 0 Å². The van der Waals surface area contributed by atoms with E-state index in [2.05, 4.69) is 5.32 Å². The number of hydrogen-bond donors (Lipinski definition) is 1. The van der Waals surface area contributed by atoms with Gasteiger partial charge in [0.15, 0.2) is 0 Å². The average molecular weight is 331 g/mol. The van der Waals surface area contributed by atoms with Crippen molar-refractivity contribution in [3.63, 3.8) is 0 Å². The molecule has 0 fully saturated rings. The quantitative estimate of drug-likeness (QED) is 0.776. The molecular formula is C15H14Cl3NO. The van der Waals surface area contributed by atoms with Crippen LogP contribution in [0.2, 0.25) is 15.1 Å². The smallest absolute Gasteiger partial charge is 0.133 e. The summed E-state index contributed by atoms with van der Waals surface area (Å²) in [5.41, 5.74) is 0.919. The topological polar surface area (TPSA) is 21.3 Å². The fourth-order valence-electron chi connectivity index (χ4n) is 1.72. The fourth-order valence-corrected chi connectivity index (χ4v) is 2.24. The Balaban J connectivity index is 2.28. The fraction of sp³-hybridized carbons (Fsp3) is 0.200. The third-order valence-corrected chi connectivity index (χ3v) is 3.84. The lowest BCUT2D eigenvalue weighted by Gasteiger charge is -2.13. The molecule has 0 aliphatic rings. The lowest BCUT2D eigenvalue weighted by Crippen LogP contribution is -2.12. The van der Waals surface area contributed by atoms with Crippen LogP contribution in [0, 0.1) is 0 Å². The van der Waals surface area contributed by atoms with E-state index in [0.29, 0.717) is 33.1 Å². The van der Waals surface area contributed by atoms with Gasteiger partial charge in [0.05, 0.1) is 10.0 Å². The van der Waals surface area contributed by atoms with Gasteiger partial charge < -0.3 is 10.1 Å². The molecule has 2 aromatic carbocycles. The zero-order chi connectivity index (χ0) is 14.5. The summed E-state index contributed by atoms with van der Waals surface area (Å²) < 4.78 is 5.86. The van der Waals surface area contributed by atoms with Crippen molar-refractivity contribution in [3.8, 4) is 11.5 Å². The van der Waals surface area contributed by atoms with Gasteiger partial charge in [0.25, 0.3) is 0 Å². The average Bonchev–Trinajstić information content (AvgIpc) is 2.42. The largest absolute Gasteiger partial charge is 0.457 e. The molecule has 0 aliphatic heterocycles. The minimum absolute atomic E-state index is 0.458. The number of halogens is 3. The Kier molecular flexibility index (Phi) is 5.55. The molecule has 106 valence electrons. The highest BCUT2D eigenvalue weighted by molar-refractivity contribution is 6.42. The predicted octanol–water partition coefficient (Wildman–Crippen LogP) is 5.55. The zero-order valence-electron chi connectivity index (χ0n) is 10.9. The van der Waals surface area contributed by atoms with Crippen LogP contribution in [0.5, 0.6) is 11.5 Å². The standard InChI is InChI=1S/C15H14Cl3NO/c1-2-19-9-11-12(16)4-3-5-15(11)20-10-6-7-13(17)14(18)8-10/h3-8,19H,2,9H2,1H3. The summed E-state index contributed by atoms with van der Waals surface area (Å²) in [5, 5.41) is 4.87. The van der Waals surface area contributed by atoms with E-state index in [1.165, 1.54) is 0 Å². The normalized spacial score (nSPS) is 10.6. The summed E-state index contributed by atoms with van der Waals surface area (Å²) in [6.07, 6.45) is 0. The van der Waals surface area contributed by atoms with Gasteiger partial charge in [-0.25, -0.2) is 0 Å². The summed E-state index contributed by atoms with van der Waals surface area (Å²) in [7, 11) is 0. The van der Waals surface area contributed by atoms with Crippen molar-refractivity contribution >= 4 is 34.8 Å². The molecule has 2 aromatic rings. The van der Waals surface area contributed by atoms with E-state index in [0.717, 1.165) is 12.1 Å². The third kappa shape index (κ3) is 3.80. The second-order valence-corrected chi connectivity index (χ2v) is 5.40. The van der Waals surface area contributed by atoms with Crippen molar-refractivity contribution in [2.75, 3.05) is 6.54 Å². The van der Waals surface area contributed by atoms with E-state index in [9.17, 15) is 0 Å². The molecule has 0 amide bonds. The molecule has 0 aromatic heterocycles. The Bertz CT molecular complexity index is 602. The Morgan fingerprint density at radius 2 is 1.80 bits per heavy atom. The van der Waals surface area contributed by atoms with Crippen molar-refractivity contribution in [3.05, 3.63) is 57.0 Å². The van der Waals surface area contributed by atoms with Gasteiger partial charge in [-0.2, -0.15) is 0 Å². The highest BCUT2D eigenvalue weighted by atomic mass is 35.5. The van der Waals surface area contributed by atoms with Crippen molar-refractivity contribution in [2.45, 2.75) is 13.5 Å². The van der Waals surface area contributed by atoms with Gasteiger partial charge in [0.1, 0.15) is 11.5 Å². The van der Waals surface area contributed by atoms with Crippen LogP contribution in [0.15, 0.2) is 36.4 Å². The van der Waals surface area contributed by atoms with Gasteiger partial charge in [-0.3, -0.25) is 0 Å². The molecule has 0 aliphatic carbocycles. The lowest BCUT2D eigenvalue weighted by atomic mass is 10.2. The highest BCUT2D eigenvalue weighted by Gasteiger charge is 2.09. The van der Waals surface area contributed by atoms with Crippen molar-refractivity contribution < 1.29 is 4.74 Å². The molecule has 0 bridgehead atoms. The first-order valence-corrected chi connectivity index (χ1v) is 7.36. The Morgan fingerprint density at radius 3 is 2.50 bits per heavy atom. The van der Waals surface area contributed by atoms with Crippen molar-refractivity contribution in [1.82, 2.24) is 5.32 Å². The molecule has 0 radical (unpaired) electrons. The first-order chi connectivity index (χ1) is 9.61. The molecule has 0 heterocycles. The lowest BCUT2D eigenvalue weighted by molar-refractivity contribution is 0.473. The van der Waals surface area contributed by atoms with E-state index >= 15 is 0 Å². The van der Waals surface area contributed by atoms with Crippen LogP contribution < -0.4 is 10.1 Å². The maximum atomic E-state index is 6.22. The zero-order valence-corrected chi connectivity index (χ0v) is 13.2. The van der Waals surface area contributed by atoms with E-state index in [1.54, 1.807) is 18.2 Å². The summed E-state index contributed by atoms with van der Waals surface area (Å²) in [6.45, 7) is 3.54. The summed E-state index contributed by atoms with van der Waals surface area (Å²) >= 11 is 18.1. The molecule has 0 atom stereocenters. The summed E-state index contributed by atoms with van der Waals surface area (Å²) in [6, 6.07) is 10.7. The highest BCUT2D eigenvalue weighted by Crippen LogP contribution is 2.33. The maximum absolute atomic E-state index is 6.22. The second-order valence-electron chi connectivity index (χ2n) is 4.17. The number of ether oxygens (including phenoxy) is 1. The number of benzene rings is 2. The molecule has 1 N–H and O–H groups in total. The predicted molar refractivity (Wildman–Crippen MR) is 85.4 cm³/mol. The molecular weight excluding hydrogens is 317 g/mol. The van der Waals surface area contributed by atoms with Gasteiger partial charge >= 0.3 is 0 Å². The Hall–Kier alpha value is -0.930. The minimum atomic E-state index is 0.458. The van der Waals surface area contributed by atoms with Crippen LogP contribution in [-0.4, -0.2) is 6.54 Å². The minimum Gasteiger partial charge on any atom is -0.457 e. The molecule has 0 spiro atoms. The molecule has 0 saturated heterocycles. The Morgan fingerprint density at radius 1 is 1.00 bits per heavy atom. The molecule has 5 heteroatoms. The molecule has 0 unspecified atom stereocenters. The van der Waals surface area contributed by atoms with Gasteiger partial charge in [-0.1, -0.05) is 47.8 Å².